The van der Waals surface area contributed by atoms with Gasteiger partial charge in [0.2, 0.25) is 11.8 Å². The van der Waals surface area contributed by atoms with Gasteiger partial charge in [-0.05, 0) is 23.8 Å². The second-order valence-corrected chi connectivity index (χ2v) is 7.11. The fourth-order valence-corrected chi connectivity index (χ4v) is 4.10. The first-order chi connectivity index (χ1) is 13.2. The zero-order chi connectivity index (χ0) is 18.8. The molecule has 2 heterocycles. The van der Waals surface area contributed by atoms with Gasteiger partial charge in [-0.1, -0.05) is 43.3 Å². The number of fused-ring (bicyclic) bond motifs is 1. The summed E-state index contributed by atoms with van der Waals surface area (Å²) >= 11 is 0. The molecule has 0 radical (unpaired) electrons. The Morgan fingerprint density at radius 3 is 2.30 bits per heavy atom. The van der Waals surface area contributed by atoms with E-state index in [2.05, 4.69) is 17.0 Å². The van der Waals surface area contributed by atoms with E-state index in [1.165, 1.54) is 5.69 Å². The summed E-state index contributed by atoms with van der Waals surface area (Å²) in [4.78, 5) is 31.8. The van der Waals surface area contributed by atoms with Crippen LogP contribution < -0.4 is 9.80 Å². The van der Waals surface area contributed by atoms with Crippen LogP contribution in [-0.2, 0) is 16.0 Å². The molecule has 0 aliphatic carbocycles. The Hall–Kier alpha value is -2.82. The molecule has 0 bridgehead atoms. The fourth-order valence-electron chi connectivity index (χ4n) is 4.10. The van der Waals surface area contributed by atoms with E-state index in [1.807, 2.05) is 54.3 Å². The van der Waals surface area contributed by atoms with Crippen molar-refractivity contribution in [1.29, 1.82) is 0 Å². The number of carbonyl (C=O) groups is 2. The number of nitrogens with zero attached hydrogens (tertiary/aromatic N) is 3. The zero-order valence-corrected chi connectivity index (χ0v) is 15.7. The van der Waals surface area contributed by atoms with Gasteiger partial charge in [0.25, 0.3) is 0 Å². The number of anilines is 2. The maximum atomic E-state index is 13.3. The molecule has 5 heteroatoms. The van der Waals surface area contributed by atoms with Crippen molar-refractivity contribution in [3.05, 3.63) is 60.2 Å². The molecule has 2 aliphatic rings. The van der Waals surface area contributed by atoms with Gasteiger partial charge in [-0.2, -0.15) is 0 Å². The lowest BCUT2D eigenvalue weighted by molar-refractivity contribution is -0.134. The van der Waals surface area contributed by atoms with Gasteiger partial charge in [0.15, 0.2) is 0 Å². The summed E-state index contributed by atoms with van der Waals surface area (Å²) in [6, 6.07) is 17.8. The first-order valence-electron chi connectivity index (χ1n) is 9.67. The van der Waals surface area contributed by atoms with Gasteiger partial charge in [-0.3, -0.25) is 14.5 Å². The van der Waals surface area contributed by atoms with E-state index in [0.717, 1.165) is 24.3 Å². The summed E-state index contributed by atoms with van der Waals surface area (Å²) in [7, 11) is 0. The van der Waals surface area contributed by atoms with Gasteiger partial charge >= 0.3 is 0 Å². The first kappa shape index (κ1) is 17.6. The number of para-hydroxylation sites is 2. The Labute approximate surface area is 160 Å². The van der Waals surface area contributed by atoms with Crippen LogP contribution in [0, 0.1) is 0 Å². The maximum absolute atomic E-state index is 13.3. The van der Waals surface area contributed by atoms with Crippen LogP contribution in [0.3, 0.4) is 0 Å². The van der Waals surface area contributed by atoms with Crippen LogP contribution in [0.15, 0.2) is 54.6 Å². The van der Waals surface area contributed by atoms with E-state index in [-0.39, 0.29) is 11.8 Å². The molecule has 0 saturated carbocycles. The smallest absolute Gasteiger partial charge is 0.246 e. The molecule has 27 heavy (non-hydrogen) atoms. The Morgan fingerprint density at radius 2 is 1.59 bits per heavy atom. The third kappa shape index (κ3) is 3.29. The van der Waals surface area contributed by atoms with Crippen LogP contribution in [0.5, 0.6) is 0 Å². The molecule has 2 aliphatic heterocycles. The zero-order valence-electron chi connectivity index (χ0n) is 15.7. The topological polar surface area (TPSA) is 43.9 Å². The standard InChI is InChI=1S/C22H25N3O2/c1-2-21(26)25-19-11-7-6-8-17(19)16-20(25)22(27)24-14-12-23(13-15-24)18-9-4-3-5-10-18/h3-11,20H,2,12-16H2,1H3/t20-/m1/s1. The van der Waals surface area contributed by atoms with Crippen LogP contribution in [0.25, 0.3) is 0 Å². The predicted octanol–water partition coefficient (Wildman–Crippen LogP) is 2.70. The minimum Gasteiger partial charge on any atom is -0.368 e. The van der Waals surface area contributed by atoms with Crippen molar-refractivity contribution in [3.63, 3.8) is 0 Å². The van der Waals surface area contributed by atoms with Gasteiger partial charge < -0.3 is 9.80 Å². The van der Waals surface area contributed by atoms with Crippen molar-refractivity contribution in [2.75, 3.05) is 36.0 Å². The van der Waals surface area contributed by atoms with E-state index in [9.17, 15) is 9.59 Å². The van der Waals surface area contributed by atoms with Crippen LogP contribution >= 0.6 is 0 Å². The molecule has 2 aromatic rings. The quantitative estimate of drug-likeness (QED) is 0.842. The Morgan fingerprint density at radius 1 is 0.926 bits per heavy atom. The third-order valence-corrected chi connectivity index (χ3v) is 5.54. The Balaban J connectivity index is 1.48. The van der Waals surface area contributed by atoms with Crippen molar-refractivity contribution in [3.8, 4) is 0 Å². The first-order valence-corrected chi connectivity index (χ1v) is 9.67. The highest BCUT2D eigenvalue weighted by Crippen LogP contribution is 2.33. The van der Waals surface area contributed by atoms with Crippen molar-refractivity contribution in [1.82, 2.24) is 4.90 Å². The van der Waals surface area contributed by atoms with Crippen molar-refractivity contribution in [2.45, 2.75) is 25.8 Å². The molecule has 2 amide bonds. The second-order valence-electron chi connectivity index (χ2n) is 7.11. The lowest BCUT2D eigenvalue weighted by Gasteiger charge is -2.38. The molecule has 1 atom stereocenters. The van der Waals surface area contributed by atoms with E-state index in [1.54, 1.807) is 4.90 Å². The number of hydrogen-bond acceptors (Lipinski definition) is 3. The second kappa shape index (κ2) is 7.43. The van der Waals surface area contributed by atoms with Gasteiger partial charge in [-0.15, -0.1) is 0 Å². The lowest BCUT2D eigenvalue weighted by atomic mass is 10.1. The number of rotatable bonds is 3. The molecule has 1 saturated heterocycles. The fraction of sp³-hybridized carbons (Fsp3) is 0.364. The minimum absolute atomic E-state index is 0.0150. The molecule has 1 fully saturated rings. The highest BCUT2D eigenvalue weighted by molar-refractivity contribution is 6.03. The van der Waals surface area contributed by atoms with Crippen LogP contribution in [0.4, 0.5) is 11.4 Å². The van der Waals surface area contributed by atoms with E-state index in [4.69, 9.17) is 0 Å². The Bertz CT molecular complexity index is 828. The molecule has 0 aromatic heterocycles. The van der Waals surface area contributed by atoms with Gasteiger partial charge in [0.05, 0.1) is 0 Å². The average molecular weight is 363 g/mol. The predicted molar refractivity (Wildman–Crippen MR) is 107 cm³/mol. The molecule has 140 valence electrons. The maximum Gasteiger partial charge on any atom is 0.246 e. The van der Waals surface area contributed by atoms with Gasteiger partial charge in [-0.25, -0.2) is 0 Å². The van der Waals surface area contributed by atoms with Crippen LogP contribution in [0.2, 0.25) is 0 Å². The highest BCUT2D eigenvalue weighted by Gasteiger charge is 2.40. The molecular formula is C22H25N3O2. The Kier molecular flexibility index (Phi) is 4.84. The van der Waals surface area contributed by atoms with E-state index < -0.39 is 6.04 Å². The van der Waals surface area contributed by atoms with Crippen molar-refractivity contribution < 1.29 is 9.59 Å². The van der Waals surface area contributed by atoms with Gasteiger partial charge in [0.1, 0.15) is 6.04 Å². The molecule has 2 aromatic carbocycles. The number of benzene rings is 2. The number of hydrogen-bond donors (Lipinski definition) is 0. The van der Waals surface area contributed by atoms with Crippen molar-refractivity contribution >= 4 is 23.2 Å². The summed E-state index contributed by atoms with van der Waals surface area (Å²) in [6.45, 7) is 4.86. The third-order valence-electron chi connectivity index (χ3n) is 5.54. The number of piperazine rings is 1. The van der Waals surface area contributed by atoms with Crippen LogP contribution in [0.1, 0.15) is 18.9 Å². The number of amides is 2. The molecule has 4 rings (SSSR count). The normalized spacial score (nSPS) is 19.1. The van der Waals surface area contributed by atoms with E-state index in [0.29, 0.717) is 25.9 Å². The molecule has 0 spiro atoms. The van der Waals surface area contributed by atoms with Crippen LogP contribution in [-0.4, -0.2) is 48.9 Å². The minimum atomic E-state index is -0.405. The monoisotopic (exact) mass is 363 g/mol. The lowest BCUT2D eigenvalue weighted by Crippen LogP contribution is -2.55. The summed E-state index contributed by atoms with van der Waals surface area (Å²) in [5.74, 6) is 0.0851. The highest BCUT2D eigenvalue weighted by atomic mass is 16.2. The molecular weight excluding hydrogens is 338 g/mol. The van der Waals surface area contributed by atoms with Crippen molar-refractivity contribution in [2.24, 2.45) is 0 Å². The largest absolute Gasteiger partial charge is 0.368 e. The summed E-state index contributed by atoms with van der Waals surface area (Å²) < 4.78 is 0. The molecule has 0 unspecified atom stereocenters. The molecule has 5 nitrogen and oxygen atoms in total. The summed E-state index contributed by atoms with van der Waals surface area (Å²) in [5, 5.41) is 0. The summed E-state index contributed by atoms with van der Waals surface area (Å²) in [5.41, 5.74) is 3.17. The van der Waals surface area contributed by atoms with E-state index >= 15 is 0 Å². The SMILES string of the molecule is CCC(=O)N1c2ccccc2C[C@@H]1C(=O)N1CCN(c2ccccc2)CC1. The summed E-state index contributed by atoms with van der Waals surface area (Å²) in [6.07, 6.45) is 1.01. The average Bonchev–Trinajstić information content (AvgIpc) is 3.13. The number of carbonyl (C=O) groups excluding carboxylic acids is 2. The molecule has 0 N–H and O–H groups in total. The van der Waals surface area contributed by atoms with Gasteiger partial charge in [0, 0.05) is 50.4 Å².